The maximum absolute atomic E-state index is 12.4. The Kier molecular flexibility index (Phi) is 6.65. The molecule has 0 saturated heterocycles. The lowest BCUT2D eigenvalue weighted by Crippen LogP contribution is -2.19. The molecule has 0 unspecified atom stereocenters. The third-order valence-corrected chi connectivity index (χ3v) is 5.31. The number of aryl methyl sites for hydroxylation is 2. The molecule has 0 atom stereocenters. The number of thioether (sulfide) groups is 1. The van der Waals surface area contributed by atoms with Gasteiger partial charge in [0.2, 0.25) is 0 Å². The van der Waals surface area contributed by atoms with E-state index in [9.17, 15) is 9.59 Å². The van der Waals surface area contributed by atoms with Crippen molar-refractivity contribution in [3.05, 3.63) is 81.8 Å². The second-order valence-corrected chi connectivity index (χ2v) is 7.30. The summed E-state index contributed by atoms with van der Waals surface area (Å²) in [7, 11) is 0. The number of hydrogen-bond donors (Lipinski definition) is 1. The highest BCUT2D eigenvalue weighted by Gasteiger charge is 2.13. The zero-order valence-electron chi connectivity index (χ0n) is 15.4. The van der Waals surface area contributed by atoms with E-state index < -0.39 is 0 Å². The van der Waals surface area contributed by atoms with Crippen LogP contribution in [0.5, 0.6) is 0 Å². The molecule has 0 aliphatic carbocycles. The van der Waals surface area contributed by atoms with Crippen LogP contribution in [0.25, 0.3) is 0 Å². The summed E-state index contributed by atoms with van der Waals surface area (Å²) in [6.07, 6.45) is 2.84. The predicted molar refractivity (Wildman–Crippen MR) is 108 cm³/mol. The Bertz CT molecular complexity index is 930. The average molecular weight is 382 g/mol. The van der Waals surface area contributed by atoms with Crippen LogP contribution in [-0.2, 0) is 19.4 Å². The highest BCUT2D eigenvalue weighted by Crippen LogP contribution is 2.17. The molecule has 6 heteroatoms. The van der Waals surface area contributed by atoms with Gasteiger partial charge in [0.05, 0.1) is 5.75 Å². The van der Waals surface area contributed by atoms with Crippen molar-refractivity contribution < 1.29 is 4.79 Å². The zero-order valence-corrected chi connectivity index (χ0v) is 16.2. The normalized spacial score (nSPS) is 10.9. The van der Waals surface area contributed by atoms with E-state index in [1.807, 2.05) is 54.6 Å². The number of hydrogen-bond acceptors (Lipinski definition) is 4. The number of carbonyl (C=O) groups is 1. The molecular weight excluding hydrogens is 358 g/mol. The molecule has 3 aromatic rings. The van der Waals surface area contributed by atoms with Crippen molar-refractivity contribution in [2.75, 3.05) is 5.75 Å². The van der Waals surface area contributed by atoms with Gasteiger partial charge in [0.15, 0.2) is 10.9 Å². The molecular formula is C21H23N3O2S. The van der Waals surface area contributed by atoms with E-state index in [1.165, 1.54) is 17.3 Å². The second-order valence-electron chi connectivity index (χ2n) is 6.36. The number of benzene rings is 2. The average Bonchev–Trinajstić information content (AvgIpc) is 3.05. The van der Waals surface area contributed by atoms with Crippen LogP contribution in [0.15, 0.2) is 64.5 Å². The van der Waals surface area contributed by atoms with E-state index >= 15 is 0 Å². The van der Waals surface area contributed by atoms with Crippen LogP contribution in [0.2, 0.25) is 0 Å². The first-order chi connectivity index (χ1) is 13.2. The van der Waals surface area contributed by atoms with Crippen LogP contribution in [0.1, 0.15) is 34.8 Å². The van der Waals surface area contributed by atoms with Crippen LogP contribution in [0.3, 0.4) is 0 Å². The third-order valence-electron chi connectivity index (χ3n) is 4.34. The largest absolute Gasteiger partial charge is 0.343 e. The molecule has 0 aliphatic rings. The van der Waals surface area contributed by atoms with Gasteiger partial charge in [0.1, 0.15) is 0 Å². The molecule has 0 fully saturated rings. The van der Waals surface area contributed by atoms with Gasteiger partial charge in [0.25, 0.3) is 0 Å². The fraction of sp³-hybridized carbons (Fsp3) is 0.286. The molecule has 1 N–H and O–H groups in total. The lowest BCUT2D eigenvalue weighted by molar-refractivity contribution is 0.102. The van der Waals surface area contributed by atoms with Crippen molar-refractivity contribution in [3.8, 4) is 0 Å². The number of nitrogens with one attached hydrogen (secondary N) is 1. The summed E-state index contributed by atoms with van der Waals surface area (Å²) in [5, 5.41) is 7.10. The number of ketones is 1. The van der Waals surface area contributed by atoms with Gasteiger partial charge in [-0.3, -0.25) is 9.36 Å². The first-order valence-electron chi connectivity index (χ1n) is 9.11. The molecule has 0 aliphatic heterocycles. The standard InChI is InChI=1S/C21H23N3O2S/c1-2-6-16-9-11-18(12-10-16)19(25)15-27-21-23-22-20(26)24(21)14-13-17-7-4-3-5-8-17/h3-5,7-12H,2,6,13-15H2,1H3,(H,22,26). The maximum Gasteiger partial charge on any atom is 0.343 e. The number of carbonyl (C=O) groups excluding carboxylic acids is 1. The lowest BCUT2D eigenvalue weighted by atomic mass is 10.1. The summed E-state index contributed by atoms with van der Waals surface area (Å²) in [6.45, 7) is 2.67. The van der Waals surface area contributed by atoms with E-state index in [0.29, 0.717) is 17.3 Å². The minimum atomic E-state index is -0.246. The molecule has 1 heterocycles. The summed E-state index contributed by atoms with van der Waals surface area (Å²) in [5.41, 5.74) is 2.84. The van der Waals surface area contributed by atoms with Gasteiger partial charge in [-0.05, 0) is 24.0 Å². The third kappa shape index (κ3) is 5.20. The van der Waals surface area contributed by atoms with Gasteiger partial charge in [-0.2, -0.15) is 0 Å². The Morgan fingerprint density at radius 1 is 1.04 bits per heavy atom. The van der Waals surface area contributed by atoms with Gasteiger partial charge >= 0.3 is 5.69 Å². The maximum atomic E-state index is 12.4. The van der Waals surface area contributed by atoms with Crippen molar-refractivity contribution in [1.82, 2.24) is 14.8 Å². The molecule has 0 saturated carbocycles. The molecule has 0 amide bonds. The molecule has 0 spiro atoms. The molecule has 140 valence electrons. The van der Waals surface area contributed by atoms with Gasteiger partial charge < -0.3 is 0 Å². The van der Waals surface area contributed by atoms with Gasteiger partial charge in [-0.15, -0.1) is 5.10 Å². The Hall–Kier alpha value is -2.60. The van der Waals surface area contributed by atoms with Crippen molar-refractivity contribution in [2.45, 2.75) is 37.9 Å². The number of Topliss-reactive ketones (excluding diaryl/α,β-unsaturated/α-hetero) is 1. The van der Waals surface area contributed by atoms with E-state index in [-0.39, 0.29) is 17.2 Å². The van der Waals surface area contributed by atoms with Crippen molar-refractivity contribution >= 4 is 17.5 Å². The minimum Gasteiger partial charge on any atom is -0.293 e. The van der Waals surface area contributed by atoms with Crippen LogP contribution < -0.4 is 5.69 Å². The Morgan fingerprint density at radius 2 is 1.74 bits per heavy atom. The smallest absolute Gasteiger partial charge is 0.293 e. The topological polar surface area (TPSA) is 67.8 Å². The molecule has 1 aromatic heterocycles. The summed E-state index contributed by atoms with van der Waals surface area (Å²) in [4.78, 5) is 24.5. The molecule has 0 radical (unpaired) electrons. The van der Waals surface area contributed by atoms with Gasteiger partial charge in [-0.1, -0.05) is 79.7 Å². The zero-order chi connectivity index (χ0) is 19.1. The summed E-state index contributed by atoms with van der Waals surface area (Å²) in [5.74, 6) is 0.288. The summed E-state index contributed by atoms with van der Waals surface area (Å²) >= 11 is 1.29. The lowest BCUT2D eigenvalue weighted by Gasteiger charge is -2.06. The Balaban J connectivity index is 1.60. The number of rotatable bonds is 9. The molecule has 27 heavy (non-hydrogen) atoms. The van der Waals surface area contributed by atoms with E-state index in [4.69, 9.17) is 0 Å². The minimum absolute atomic E-state index is 0.0353. The summed E-state index contributed by atoms with van der Waals surface area (Å²) in [6, 6.07) is 17.8. The van der Waals surface area contributed by atoms with Crippen molar-refractivity contribution in [1.29, 1.82) is 0 Å². The SMILES string of the molecule is CCCc1ccc(C(=O)CSc2n[nH]c(=O)n2CCc2ccccc2)cc1. The van der Waals surface area contributed by atoms with E-state index in [2.05, 4.69) is 17.1 Å². The number of aromatic amines is 1. The van der Waals surface area contributed by atoms with Crippen molar-refractivity contribution in [3.63, 3.8) is 0 Å². The highest BCUT2D eigenvalue weighted by molar-refractivity contribution is 7.99. The van der Waals surface area contributed by atoms with Crippen LogP contribution in [0, 0.1) is 0 Å². The number of aromatic nitrogens is 3. The fourth-order valence-electron chi connectivity index (χ4n) is 2.86. The first-order valence-corrected chi connectivity index (χ1v) is 10.1. The highest BCUT2D eigenvalue weighted by atomic mass is 32.2. The van der Waals surface area contributed by atoms with Crippen LogP contribution in [-0.4, -0.2) is 26.3 Å². The monoisotopic (exact) mass is 381 g/mol. The van der Waals surface area contributed by atoms with E-state index in [0.717, 1.165) is 24.8 Å². The van der Waals surface area contributed by atoms with E-state index in [1.54, 1.807) is 4.57 Å². The number of H-pyrrole nitrogens is 1. The van der Waals surface area contributed by atoms with Crippen LogP contribution in [0.4, 0.5) is 0 Å². The molecule has 2 aromatic carbocycles. The second kappa shape index (κ2) is 9.37. The van der Waals surface area contributed by atoms with Crippen LogP contribution >= 0.6 is 11.8 Å². The number of nitrogens with zero attached hydrogens (tertiary/aromatic N) is 2. The first kappa shape index (κ1) is 19.2. The van der Waals surface area contributed by atoms with Gasteiger partial charge in [0, 0.05) is 12.1 Å². The molecule has 3 rings (SSSR count). The Labute approximate surface area is 162 Å². The fourth-order valence-corrected chi connectivity index (χ4v) is 3.72. The quantitative estimate of drug-likeness (QED) is 0.453. The Morgan fingerprint density at radius 3 is 2.44 bits per heavy atom. The van der Waals surface area contributed by atoms with Gasteiger partial charge in [-0.25, -0.2) is 9.89 Å². The molecule has 0 bridgehead atoms. The molecule has 5 nitrogen and oxygen atoms in total. The predicted octanol–water partition coefficient (Wildman–Crippen LogP) is 3.74. The van der Waals surface area contributed by atoms with Crippen molar-refractivity contribution in [2.24, 2.45) is 0 Å². The summed E-state index contributed by atoms with van der Waals surface area (Å²) < 4.78 is 1.59.